The standard InChI is InChI=1S/C55H106N2O6/c1-5-9-13-17-19-25-36-50(34-23-15-11-7-3)48-62-54(60)40-27-21-29-43-56(45-31-32-46-57(52-38-33-39-52)53(59)42-47-58)44-30-22-28-41-55(61)63-49-51(35-24-16-12-8-4)37-26-20-18-14-10-6-2/h50-52,58H,5-49H2,1-4H3. The van der Waals surface area contributed by atoms with Crippen LogP contribution in [-0.2, 0) is 23.9 Å². The van der Waals surface area contributed by atoms with Gasteiger partial charge in [-0.05, 0) is 115 Å². The van der Waals surface area contributed by atoms with Crippen LogP contribution in [0.5, 0.6) is 0 Å². The second-order valence-corrected chi connectivity index (χ2v) is 19.7. The third-order valence-electron chi connectivity index (χ3n) is 13.8. The molecule has 2 unspecified atom stereocenters. The van der Waals surface area contributed by atoms with E-state index < -0.39 is 0 Å². The average molecular weight is 891 g/mol. The molecule has 1 fully saturated rings. The van der Waals surface area contributed by atoms with E-state index in [4.69, 9.17) is 9.47 Å². The van der Waals surface area contributed by atoms with Crippen LogP contribution in [0.15, 0.2) is 0 Å². The molecule has 1 saturated carbocycles. The number of rotatable bonds is 48. The average Bonchev–Trinajstić information content (AvgIpc) is 3.26. The Hall–Kier alpha value is -1.67. The quantitative estimate of drug-likeness (QED) is 0.0480. The van der Waals surface area contributed by atoms with Crippen LogP contribution in [0.2, 0.25) is 0 Å². The predicted molar refractivity (Wildman–Crippen MR) is 266 cm³/mol. The van der Waals surface area contributed by atoms with Crippen LogP contribution in [0, 0.1) is 11.8 Å². The van der Waals surface area contributed by atoms with E-state index in [1.165, 1.54) is 161 Å². The topological polar surface area (TPSA) is 96.4 Å². The molecule has 0 aromatic carbocycles. The molecule has 0 aromatic heterocycles. The molecule has 0 bridgehead atoms. The first kappa shape index (κ1) is 59.3. The van der Waals surface area contributed by atoms with E-state index in [-0.39, 0.29) is 30.9 Å². The fourth-order valence-electron chi connectivity index (χ4n) is 9.30. The first-order valence-corrected chi connectivity index (χ1v) is 27.8. The van der Waals surface area contributed by atoms with Crippen molar-refractivity contribution in [2.24, 2.45) is 11.8 Å². The molecule has 0 radical (unpaired) electrons. The number of hydrogen-bond acceptors (Lipinski definition) is 7. The number of hydrogen-bond donors (Lipinski definition) is 1. The highest BCUT2D eigenvalue weighted by Crippen LogP contribution is 2.26. The van der Waals surface area contributed by atoms with Gasteiger partial charge in [-0.15, -0.1) is 0 Å². The Morgan fingerprint density at radius 2 is 0.810 bits per heavy atom. The van der Waals surface area contributed by atoms with Crippen molar-refractivity contribution in [3.8, 4) is 0 Å². The molecule has 0 spiro atoms. The lowest BCUT2D eigenvalue weighted by molar-refractivity contribution is -0.146. The van der Waals surface area contributed by atoms with Gasteiger partial charge in [-0.2, -0.15) is 0 Å². The highest BCUT2D eigenvalue weighted by atomic mass is 16.5. The number of aliphatic hydroxyl groups is 1. The molecule has 0 heterocycles. The van der Waals surface area contributed by atoms with Crippen molar-refractivity contribution in [2.75, 3.05) is 46.0 Å². The molecule has 1 rings (SSSR count). The number of amides is 1. The maximum Gasteiger partial charge on any atom is 0.305 e. The Morgan fingerprint density at radius 1 is 0.460 bits per heavy atom. The molecule has 0 aromatic rings. The minimum Gasteiger partial charge on any atom is -0.465 e. The van der Waals surface area contributed by atoms with Crippen LogP contribution in [0.4, 0.5) is 0 Å². The summed E-state index contributed by atoms with van der Waals surface area (Å²) in [5, 5.41) is 9.40. The van der Waals surface area contributed by atoms with Crippen LogP contribution < -0.4 is 0 Å². The van der Waals surface area contributed by atoms with Crippen molar-refractivity contribution in [1.82, 2.24) is 9.80 Å². The van der Waals surface area contributed by atoms with Crippen molar-refractivity contribution >= 4 is 17.8 Å². The first-order valence-electron chi connectivity index (χ1n) is 27.8. The summed E-state index contributed by atoms with van der Waals surface area (Å²) in [5.74, 6) is 1.04. The van der Waals surface area contributed by atoms with Gasteiger partial charge >= 0.3 is 11.9 Å². The van der Waals surface area contributed by atoms with Crippen molar-refractivity contribution in [3.63, 3.8) is 0 Å². The molecule has 8 heteroatoms. The van der Waals surface area contributed by atoms with Gasteiger partial charge in [0.05, 0.1) is 19.8 Å². The Bertz CT molecular complexity index is 979. The molecule has 1 amide bonds. The van der Waals surface area contributed by atoms with E-state index in [2.05, 4.69) is 32.6 Å². The number of ether oxygens (including phenoxy) is 2. The molecule has 63 heavy (non-hydrogen) atoms. The molecule has 2 atom stereocenters. The van der Waals surface area contributed by atoms with Crippen LogP contribution in [-0.4, -0.2) is 84.8 Å². The lowest BCUT2D eigenvalue weighted by Gasteiger charge is -2.38. The minimum absolute atomic E-state index is 0.0288. The van der Waals surface area contributed by atoms with Crippen molar-refractivity contribution in [3.05, 3.63) is 0 Å². The summed E-state index contributed by atoms with van der Waals surface area (Å²) in [6, 6.07) is 0.354. The third kappa shape index (κ3) is 35.2. The van der Waals surface area contributed by atoms with Crippen LogP contribution in [0.25, 0.3) is 0 Å². The Kier molecular flexibility index (Phi) is 41.6. The van der Waals surface area contributed by atoms with Gasteiger partial charge in [0.2, 0.25) is 5.91 Å². The summed E-state index contributed by atoms with van der Waals surface area (Å²) < 4.78 is 11.8. The van der Waals surface area contributed by atoms with Gasteiger partial charge in [0.1, 0.15) is 0 Å². The van der Waals surface area contributed by atoms with E-state index in [9.17, 15) is 19.5 Å². The highest BCUT2D eigenvalue weighted by molar-refractivity contribution is 5.76. The Labute approximate surface area is 390 Å². The van der Waals surface area contributed by atoms with Gasteiger partial charge in [-0.3, -0.25) is 14.4 Å². The zero-order chi connectivity index (χ0) is 45.9. The fourth-order valence-corrected chi connectivity index (χ4v) is 9.30. The molecule has 0 saturated heterocycles. The summed E-state index contributed by atoms with van der Waals surface area (Å²) in [5.41, 5.74) is 0. The molecule has 1 aliphatic carbocycles. The number of unbranched alkanes of at least 4 members (excludes halogenated alkanes) is 21. The second kappa shape index (κ2) is 44.2. The van der Waals surface area contributed by atoms with E-state index in [1.807, 2.05) is 4.90 Å². The van der Waals surface area contributed by atoms with Gasteiger partial charge < -0.3 is 24.4 Å². The monoisotopic (exact) mass is 891 g/mol. The summed E-state index contributed by atoms with van der Waals surface area (Å²) in [7, 11) is 0. The van der Waals surface area contributed by atoms with E-state index in [1.54, 1.807) is 0 Å². The number of nitrogens with zero attached hydrogens (tertiary/aromatic N) is 2. The smallest absolute Gasteiger partial charge is 0.305 e. The van der Waals surface area contributed by atoms with Gasteiger partial charge in [-0.25, -0.2) is 0 Å². The largest absolute Gasteiger partial charge is 0.465 e. The Balaban J connectivity index is 2.55. The van der Waals surface area contributed by atoms with Crippen LogP contribution in [0.3, 0.4) is 0 Å². The minimum atomic E-state index is -0.0803. The normalized spacial score (nSPS) is 13.9. The van der Waals surface area contributed by atoms with Crippen molar-refractivity contribution in [2.45, 2.75) is 278 Å². The molecule has 372 valence electrons. The molecular weight excluding hydrogens is 785 g/mol. The molecular formula is C55H106N2O6. The SMILES string of the molecule is CCCCCCCCC(CCCCCC)COC(=O)CCCCCN(CCCCCC(=O)OCC(CCCCCC)CCCCCCCC)CCCCN(C(=O)CCO)C1CCC1. The lowest BCUT2D eigenvalue weighted by atomic mass is 9.91. The first-order chi connectivity index (χ1) is 30.9. The van der Waals surface area contributed by atoms with E-state index in [0.717, 1.165) is 90.4 Å². The van der Waals surface area contributed by atoms with Gasteiger partial charge in [0.15, 0.2) is 0 Å². The fraction of sp³-hybridized carbons (Fsp3) is 0.945. The van der Waals surface area contributed by atoms with Crippen LogP contribution >= 0.6 is 0 Å². The molecule has 0 aliphatic heterocycles. The number of aliphatic hydroxyl groups excluding tert-OH is 1. The second-order valence-electron chi connectivity index (χ2n) is 19.7. The van der Waals surface area contributed by atoms with Gasteiger partial charge in [0.25, 0.3) is 0 Å². The lowest BCUT2D eigenvalue weighted by Crippen LogP contribution is -2.45. The molecule has 1 aliphatic rings. The number of esters is 2. The molecule has 1 N–H and O–H groups in total. The number of carbonyl (C=O) groups is 3. The van der Waals surface area contributed by atoms with E-state index >= 15 is 0 Å². The molecule has 8 nitrogen and oxygen atoms in total. The third-order valence-corrected chi connectivity index (χ3v) is 13.8. The predicted octanol–water partition coefficient (Wildman–Crippen LogP) is 14.7. The van der Waals surface area contributed by atoms with Crippen LogP contribution in [0.1, 0.15) is 272 Å². The Morgan fingerprint density at radius 3 is 1.19 bits per heavy atom. The van der Waals surface area contributed by atoms with Crippen molar-refractivity contribution < 1.29 is 29.0 Å². The van der Waals surface area contributed by atoms with Gasteiger partial charge in [-0.1, -0.05) is 169 Å². The summed E-state index contributed by atoms with van der Waals surface area (Å²) in [6.45, 7) is 13.9. The highest BCUT2D eigenvalue weighted by Gasteiger charge is 2.28. The van der Waals surface area contributed by atoms with Crippen molar-refractivity contribution in [1.29, 1.82) is 0 Å². The summed E-state index contributed by atoms with van der Waals surface area (Å²) in [4.78, 5) is 43.0. The zero-order valence-electron chi connectivity index (χ0n) is 42.4. The summed E-state index contributed by atoms with van der Waals surface area (Å²) >= 11 is 0. The van der Waals surface area contributed by atoms with Gasteiger partial charge in [0, 0.05) is 31.8 Å². The maximum atomic E-state index is 12.8. The number of carbonyl (C=O) groups excluding carboxylic acids is 3. The van der Waals surface area contributed by atoms with E-state index in [0.29, 0.717) is 43.9 Å². The summed E-state index contributed by atoms with van der Waals surface area (Å²) in [6.07, 6.45) is 43.0. The zero-order valence-corrected chi connectivity index (χ0v) is 42.4. The maximum absolute atomic E-state index is 12.8.